The molecule has 2 N–H and O–H groups in total. The molecule has 0 radical (unpaired) electrons. The van der Waals surface area contributed by atoms with E-state index in [2.05, 4.69) is 14.9 Å². The van der Waals surface area contributed by atoms with Gasteiger partial charge in [0.15, 0.2) is 0 Å². The van der Waals surface area contributed by atoms with Crippen LogP contribution in [-0.2, 0) is 0 Å². The van der Waals surface area contributed by atoms with E-state index in [0.29, 0.717) is 6.54 Å². The number of nitrogens with two attached hydrogens (primary N) is 1. The molecule has 0 saturated carbocycles. The molecule has 0 aliphatic carbocycles. The van der Waals surface area contributed by atoms with Crippen molar-refractivity contribution in [3.8, 4) is 0 Å². The zero-order valence-corrected chi connectivity index (χ0v) is 9.10. The Balaban J connectivity index is 2.57. The summed E-state index contributed by atoms with van der Waals surface area (Å²) in [5.74, 6) is -0.257. The first kappa shape index (κ1) is 11.4. The lowest BCUT2D eigenvalue weighted by Gasteiger charge is -2.18. The fourth-order valence-electron chi connectivity index (χ4n) is 0.976. The Morgan fingerprint density at radius 3 is 2.47 bits per heavy atom. The summed E-state index contributed by atoms with van der Waals surface area (Å²) in [6.07, 6.45) is 0. The van der Waals surface area contributed by atoms with Crippen LogP contribution >= 0.6 is 0 Å². The summed E-state index contributed by atoms with van der Waals surface area (Å²) in [6, 6.07) is 0. The topological polar surface area (TPSA) is 88.5 Å². The summed E-state index contributed by atoms with van der Waals surface area (Å²) >= 11 is 0. The highest BCUT2D eigenvalue weighted by molar-refractivity contribution is 5.95. The molecule has 1 rings (SSSR count). The first-order valence-electron chi connectivity index (χ1n) is 4.50. The van der Waals surface area contributed by atoms with E-state index in [4.69, 9.17) is 5.73 Å². The molecule has 0 fully saturated rings. The van der Waals surface area contributed by atoms with Gasteiger partial charge in [-0.2, -0.15) is 0 Å². The minimum Gasteiger partial charge on any atom is -0.379 e. The quantitative estimate of drug-likeness (QED) is 0.710. The van der Waals surface area contributed by atoms with Gasteiger partial charge in [-0.1, -0.05) is 0 Å². The number of hydrogen-bond donors (Lipinski definition) is 1. The highest BCUT2D eigenvalue weighted by Crippen LogP contribution is 2.06. The van der Waals surface area contributed by atoms with Crippen LogP contribution in [0.5, 0.6) is 0 Å². The Bertz CT molecular complexity index is 336. The van der Waals surface area contributed by atoms with Crippen molar-refractivity contribution in [2.24, 2.45) is 0 Å². The number of nitrogens with zero attached hydrogens (tertiary/aromatic N) is 4. The highest BCUT2D eigenvalue weighted by atomic mass is 16.6. The van der Waals surface area contributed by atoms with Crippen molar-refractivity contribution in [2.45, 2.75) is 0 Å². The molecule has 0 aromatic carbocycles. The van der Waals surface area contributed by atoms with Gasteiger partial charge in [0.2, 0.25) is 11.5 Å². The maximum absolute atomic E-state index is 11.7. The van der Waals surface area contributed by atoms with E-state index >= 15 is 0 Å². The van der Waals surface area contributed by atoms with Crippen LogP contribution < -0.4 is 5.73 Å². The molecular formula is C8H15N5O2. The number of hydrogen-bond acceptors (Lipinski definition) is 6. The van der Waals surface area contributed by atoms with Gasteiger partial charge < -0.3 is 15.5 Å². The van der Waals surface area contributed by atoms with Gasteiger partial charge in [0.25, 0.3) is 5.91 Å². The van der Waals surface area contributed by atoms with Crippen molar-refractivity contribution in [1.82, 2.24) is 20.1 Å². The maximum Gasteiger partial charge on any atom is 0.279 e. The molecule has 1 aromatic rings. The van der Waals surface area contributed by atoms with Crippen LogP contribution in [0, 0.1) is 0 Å². The summed E-state index contributed by atoms with van der Waals surface area (Å²) < 4.78 is 4.36. The van der Waals surface area contributed by atoms with E-state index in [1.807, 2.05) is 19.0 Å². The van der Waals surface area contributed by atoms with Gasteiger partial charge in [-0.05, 0) is 24.4 Å². The number of aromatic nitrogens is 2. The van der Waals surface area contributed by atoms with Crippen LogP contribution in [-0.4, -0.2) is 60.3 Å². The molecule has 1 heterocycles. The molecule has 7 nitrogen and oxygen atoms in total. The first-order chi connectivity index (χ1) is 7.02. The fourth-order valence-corrected chi connectivity index (χ4v) is 0.976. The average molecular weight is 213 g/mol. The molecule has 1 aromatic heterocycles. The SMILES string of the molecule is CN(C)CCN(C)C(=O)c1nonc1N. The molecule has 0 bridgehead atoms. The first-order valence-corrected chi connectivity index (χ1v) is 4.50. The van der Waals surface area contributed by atoms with Crippen molar-refractivity contribution < 1.29 is 9.42 Å². The average Bonchev–Trinajstić information content (AvgIpc) is 2.59. The molecule has 0 spiro atoms. The third-order valence-corrected chi connectivity index (χ3v) is 1.95. The predicted molar refractivity (Wildman–Crippen MR) is 54.2 cm³/mol. The van der Waals surface area contributed by atoms with E-state index in [-0.39, 0.29) is 17.4 Å². The predicted octanol–water partition coefficient (Wildman–Crippen LogP) is -0.715. The van der Waals surface area contributed by atoms with Gasteiger partial charge in [0.1, 0.15) is 0 Å². The Morgan fingerprint density at radius 1 is 1.33 bits per heavy atom. The summed E-state index contributed by atoms with van der Waals surface area (Å²) in [6.45, 7) is 1.37. The Morgan fingerprint density at radius 2 is 2.00 bits per heavy atom. The minimum absolute atomic E-state index is 0.0247. The molecule has 0 atom stereocenters. The third-order valence-electron chi connectivity index (χ3n) is 1.95. The van der Waals surface area contributed by atoms with Crippen LogP contribution in [0.15, 0.2) is 4.63 Å². The van der Waals surface area contributed by atoms with Gasteiger partial charge in [-0.25, -0.2) is 4.63 Å². The van der Waals surface area contributed by atoms with E-state index in [0.717, 1.165) is 6.54 Å². The van der Waals surface area contributed by atoms with Crippen LogP contribution in [0.4, 0.5) is 5.82 Å². The van der Waals surface area contributed by atoms with E-state index in [1.165, 1.54) is 4.90 Å². The van der Waals surface area contributed by atoms with Gasteiger partial charge >= 0.3 is 0 Å². The van der Waals surface area contributed by atoms with E-state index < -0.39 is 0 Å². The van der Waals surface area contributed by atoms with Crippen molar-refractivity contribution in [1.29, 1.82) is 0 Å². The van der Waals surface area contributed by atoms with Crippen molar-refractivity contribution in [3.05, 3.63) is 5.69 Å². The monoisotopic (exact) mass is 213 g/mol. The second kappa shape index (κ2) is 4.74. The number of amides is 1. The van der Waals surface area contributed by atoms with Crippen LogP contribution in [0.3, 0.4) is 0 Å². The molecule has 0 aliphatic rings. The zero-order valence-electron chi connectivity index (χ0n) is 9.10. The highest BCUT2D eigenvalue weighted by Gasteiger charge is 2.19. The van der Waals surface area contributed by atoms with E-state index in [1.54, 1.807) is 7.05 Å². The zero-order chi connectivity index (χ0) is 11.4. The minimum atomic E-state index is -0.282. The molecule has 0 unspecified atom stereocenters. The van der Waals surface area contributed by atoms with Gasteiger partial charge in [-0.15, -0.1) is 0 Å². The fraction of sp³-hybridized carbons (Fsp3) is 0.625. The second-order valence-electron chi connectivity index (χ2n) is 3.53. The Hall–Kier alpha value is -1.63. The standard InChI is InChI=1S/C8H15N5O2/c1-12(2)4-5-13(3)8(14)6-7(9)11-15-10-6/h4-5H2,1-3H3,(H2,9,11). The van der Waals surface area contributed by atoms with Crippen LogP contribution in [0.1, 0.15) is 10.5 Å². The van der Waals surface area contributed by atoms with Crippen LogP contribution in [0.25, 0.3) is 0 Å². The van der Waals surface area contributed by atoms with Gasteiger partial charge in [0, 0.05) is 20.1 Å². The molecule has 1 amide bonds. The van der Waals surface area contributed by atoms with E-state index in [9.17, 15) is 4.79 Å². The molecule has 0 saturated heterocycles. The van der Waals surface area contributed by atoms with Crippen molar-refractivity contribution in [2.75, 3.05) is 40.0 Å². The third kappa shape index (κ3) is 2.91. The normalized spacial score (nSPS) is 10.7. The molecular weight excluding hydrogens is 198 g/mol. The lowest BCUT2D eigenvalue weighted by Crippen LogP contribution is -2.34. The Kier molecular flexibility index (Phi) is 3.62. The summed E-state index contributed by atoms with van der Waals surface area (Å²) in [7, 11) is 5.55. The lowest BCUT2D eigenvalue weighted by atomic mass is 10.3. The van der Waals surface area contributed by atoms with Gasteiger partial charge in [0.05, 0.1) is 0 Å². The lowest BCUT2D eigenvalue weighted by molar-refractivity contribution is 0.0776. The number of rotatable bonds is 4. The molecule has 15 heavy (non-hydrogen) atoms. The number of carbonyl (C=O) groups is 1. The van der Waals surface area contributed by atoms with Crippen LogP contribution in [0.2, 0.25) is 0 Å². The number of likely N-dealkylation sites (N-methyl/N-ethyl adjacent to an activating group) is 2. The number of nitrogen functional groups attached to an aromatic ring is 1. The Labute approximate surface area is 87.8 Å². The largest absolute Gasteiger partial charge is 0.379 e. The smallest absolute Gasteiger partial charge is 0.279 e. The molecule has 7 heteroatoms. The molecule has 0 aliphatic heterocycles. The summed E-state index contributed by atoms with van der Waals surface area (Å²) in [5, 5.41) is 6.80. The maximum atomic E-state index is 11.7. The van der Waals surface area contributed by atoms with Crippen molar-refractivity contribution >= 4 is 11.7 Å². The summed E-state index contributed by atoms with van der Waals surface area (Å²) in [4.78, 5) is 15.2. The summed E-state index contributed by atoms with van der Waals surface area (Å²) in [5.41, 5.74) is 5.48. The van der Waals surface area contributed by atoms with Crippen molar-refractivity contribution in [3.63, 3.8) is 0 Å². The van der Waals surface area contributed by atoms with Gasteiger partial charge in [-0.3, -0.25) is 4.79 Å². The second-order valence-corrected chi connectivity index (χ2v) is 3.53. The number of carbonyl (C=O) groups excluding carboxylic acids is 1. The molecule has 84 valence electrons. The number of anilines is 1.